The minimum Gasteiger partial charge on any atom is -0.309 e. The topological polar surface area (TPSA) is 9.86 Å². The molecular weight excluding hydrogens is 801 g/mol. The van der Waals surface area contributed by atoms with Gasteiger partial charge in [0.25, 0.3) is 0 Å². The zero-order valence-corrected chi connectivity index (χ0v) is 36.6. The monoisotopic (exact) mass is 842 g/mol. The summed E-state index contributed by atoms with van der Waals surface area (Å²) in [5.74, 6) is 0.120. The van der Waals surface area contributed by atoms with Crippen molar-refractivity contribution in [2.45, 2.75) is 11.8 Å². The van der Waals surface area contributed by atoms with Crippen molar-refractivity contribution in [3.05, 3.63) is 276 Å². The lowest BCUT2D eigenvalue weighted by Crippen LogP contribution is -2.75. The summed E-state index contributed by atoms with van der Waals surface area (Å²) in [6.45, 7) is 0. The lowest BCUT2D eigenvalue weighted by Gasteiger charge is -2.46. The van der Waals surface area contributed by atoms with Gasteiger partial charge < -0.3 is 9.13 Å². The van der Waals surface area contributed by atoms with Crippen LogP contribution in [0.1, 0.15) is 45.2 Å². The van der Waals surface area contributed by atoms with E-state index in [-0.39, 0.29) is 11.8 Å². The first-order chi connectivity index (χ1) is 32.3. The third-order valence-electron chi connectivity index (χ3n) is 14.8. The van der Waals surface area contributed by atoms with Gasteiger partial charge in [-0.05, 0) is 96.6 Å². The van der Waals surface area contributed by atoms with Crippen molar-refractivity contribution >= 4 is 72.4 Å². The zero-order valence-electron chi connectivity index (χ0n) is 35.6. The second kappa shape index (κ2) is 14.0. The molecule has 0 amide bonds. The molecule has 0 fully saturated rings. The largest absolute Gasteiger partial charge is 0.309 e. The van der Waals surface area contributed by atoms with Crippen LogP contribution in [-0.2, 0) is 0 Å². The van der Waals surface area contributed by atoms with Gasteiger partial charge in [0.15, 0.2) is 8.07 Å². The van der Waals surface area contributed by atoms with Crippen molar-refractivity contribution in [1.29, 1.82) is 0 Å². The van der Waals surface area contributed by atoms with Crippen LogP contribution in [0.2, 0.25) is 0 Å². The maximum Gasteiger partial charge on any atom is 0.179 e. The predicted octanol–water partition coefficient (Wildman–Crippen LogP) is 12.2. The fourth-order valence-corrected chi connectivity index (χ4v) is 17.5. The number of aromatic nitrogens is 2. The van der Waals surface area contributed by atoms with E-state index in [0.717, 1.165) is 0 Å². The molecule has 65 heavy (non-hydrogen) atoms. The number of fused-ring (bicyclic) bond motifs is 6. The van der Waals surface area contributed by atoms with Crippen LogP contribution in [0.15, 0.2) is 243 Å². The molecule has 0 saturated carbocycles. The second-order valence-corrected chi connectivity index (χ2v) is 21.6. The van der Waals surface area contributed by atoms with Gasteiger partial charge in [-0.2, -0.15) is 0 Å². The van der Waals surface area contributed by atoms with Gasteiger partial charge in [0.2, 0.25) is 0 Å². The molecule has 0 spiro atoms. The normalized spacial score (nSPS) is 15.1. The average Bonchev–Trinajstić information content (AvgIpc) is 3.90. The smallest absolute Gasteiger partial charge is 0.179 e. The molecule has 2 bridgehead atoms. The Balaban J connectivity index is 1.06. The third-order valence-corrected chi connectivity index (χ3v) is 19.7. The van der Waals surface area contributed by atoms with Crippen molar-refractivity contribution in [3.8, 4) is 11.4 Å². The maximum absolute atomic E-state index is 2.91. The van der Waals surface area contributed by atoms with E-state index >= 15 is 0 Å². The number of benzene rings is 10. The zero-order chi connectivity index (χ0) is 42.6. The van der Waals surface area contributed by atoms with Crippen LogP contribution in [0.5, 0.6) is 0 Å². The van der Waals surface area contributed by atoms with E-state index in [1.165, 1.54) is 109 Å². The Morgan fingerprint density at radius 3 is 1.31 bits per heavy atom. The van der Waals surface area contributed by atoms with E-state index in [9.17, 15) is 0 Å². The molecule has 3 aliphatic carbocycles. The van der Waals surface area contributed by atoms with Gasteiger partial charge in [0.1, 0.15) is 0 Å². The predicted molar refractivity (Wildman–Crippen MR) is 274 cm³/mol. The molecule has 0 radical (unpaired) electrons. The van der Waals surface area contributed by atoms with Crippen LogP contribution in [0, 0.1) is 0 Å². The first-order valence-corrected chi connectivity index (χ1v) is 24.8. The third kappa shape index (κ3) is 4.99. The molecule has 2 atom stereocenters. The minimum atomic E-state index is -2.91. The summed E-state index contributed by atoms with van der Waals surface area (Å²) in [6.07, 6.45) is 0. The number of rotatable bonds is 6. The molecule has 0 saturated heterocycles. The number of para-hydroxylation sites is 3. The summed E-state index contributed by atoms with van der Waals surface area (Å²) >= 11 is 0. The highest BCUT2D eigenvalue weighted by atomic mass is 28.3. The molecule has 2 aromatic heterocycles. The molecule has 3 aliphatic rings. The van der Waals surface area contributed by atoms with Crippen LogP contribution < -0.4 is 20.7 Å². The molecule has 12 aromatic rings. The Labute approximate surface area is 378 Å². The standard InChI is InChI=1S/C62H42N2Si/c1-4-20-42(21-5-1)65(43-22-6-2-7-23-43,44-24-8-3-9-25-44)58-37-19-32-51-59-48-29-10-11-30-49(48)62(61(51)58)60-50(59)31-18-36-57(60)64-55-35-17-14-28-47(55)52-40-41(38-39-56(52)64)63-53-33-15-12-26-45(53)46-27-13-16-34-54(46)63/h1-40,59,62H. The van der Waals surface area contributed by atoms with Gasteiger partial charge in [-0.1, -0.05) is 200 Å². The minimum absolute atomic E-state index is 0.0182. The quantitative estimate of drug-likeness (QED) is 0.117. The van der Waals surface area contributed by atoms with Crippen molar-refractivity contribution in [1.82, 2.24) is 9.13 Å². The lowest BCUT2D eigenvalue weighted by molar-refractivity contribution is 0.752. The molecule has 0 N–H and O–H groups in total. The Kier molecular flexibility index (Phi) is 7.87. The van der Waals surface area contributed by atoms with Gasteiger partial charge in [-0.3, -0.25) is 0 Å². The molecule has 0 aliphatic heterocycles. The van der Waals surface area contributed by atoms with Crippen LogP contribution in [-0.4, -0.2) is 17.2 Å². The summed E-state index contributed by atoms with van der Waals surface area (Å²) in [5, 5.41) is 10.7. The van der Waals surface area contributed by atoms with Crippen molar-refractivity contribution < 1.29 is 0 Å². The van der Waals surface area contributed by atoms with E-state index in [0.29, 0.717) is 0 Å². The van der Waals surface area contributed by atoms with Crippen LogP contribution in [0.3, 0.4) is 0 Å². The van der Waals surface area contributed by atoms with Crippen LogP contribution >= 0.6 is 0 Å². The highest BCUT2D eigenvalue weighted by Gasteiger charge is 2.50. The van der Waals surface area contributed by atoms with Crippen LogP contribution in [0.4, 0.5) is 0 Å². The fraction of sp³-hybridized carbons (Fsp3) is 0.0323. The highest BCUT2D eigenvalue weighted by molar-refractivity contribution is 7.20. The molecule has 304 valence electrons. The number of nitrogens with zero attached hydrogens (tertiary/aromatic N) is 2. The Morgan fingerprint density at radius 2 is 0.723 bits per heavy atom. The van der Waals surface area contributed by atoms with E-state index in [1.54, 1.807) is 0 Å². The maximum atomic E-state index is 2.58. The van der Waals surface area contributed by atoms with E-state index < -0.39 is 8.07 Å². The number of hydrogen-bond acceptors (Lipinski definition) is 0. The summed E-state index contributed by atoms with van der Waals surface area (Å²) in [6, 6.07) is 91.8. The highest BCUT2D eigenvalue weighted by Crippen LogP contribution is 2.57. The van der Waals surface area contributed by atoms with Gasteiger partial charge in [-0.15, -0.1) is 0 Å². The van der Waals surface area contributed by atoms with Gasteiger partial charge >= 0.3 is 0 Å². The molecule has 15 rings (SSSR count). The molecule has 2 unspecified atom stereocenters. The molecule has 2 heterocycles. The van der Waals surface area contributed by atoms with Gasteiger partial charge in [0, 0.05) is 39.1 Å². The van der Waals surface area contributed by atoms with Gasteiger partial charge in [-0.25, -0.2) is 0 Å². The van der Waals surface area contributed by atoms with Crippen molar-refractivity contribution in [2.75, 3.05) is 0 Å². The van der Waals surface area contributed by atoms with E-state index in [4.69, 9.17) is 0 Å². The Bertz CT molecular complexity index is 3690. The van der Waals surface area contributed by atoms with Crippen LogP contribution in [0.25, 0.3) is 55.0 Å². The molecule has 10 aromatic carbocycles. The lowest BCUT2D eigenvalue weighted by atomic mass is 9.60. The van der Waals surface area contributed by atoms with Crippen molar-refractivity contribution in [2.24, 2.45) is 0 Å². The summed E-state index contributed by atoms with van der Waals surface area (Å²) < 4.78 is 5.03. The van der Waals surface area contributed by atoms with E-state index in [2.05, 4.69) is 252 Å². The fourth-order valence-electron chi connectivity index (χ4n) is 12.4. The summed E-state index contributed by atoms with van der Waals surface area (Å²) in [5.41, 5.74) is 15.9. The first-order valence-electron chi connectivity index (χ1n) is 22.8. The second-order valence-electron chi connectivity index (χ2n) is 17.9. The first kappa shape index (κ1) is 36.5. The molecule has 2 nitrogen and oxygen atoms in total. The van der Waals surface area contributed by atoms with Gasteiger partial charge in [0.05, 0.1) is 27.8 Å². The number of hydrogen-bond donors (Lipinski definition) is 0. The Hall–Kier alpha value is -7.98. The average molecular weight is 843 g/mol. The van der Waals surface area contributed by atoms with E-state index in [1.807, 2.05) is 0 Å². The summed E-state index contributed by atoms with van der Waals surface area (Å²) in [7, 11) is -2.91. The van der Waals surface area contributed by atoms with Crippen molar-refractivity contribution in [3.63, 3.8) is 0 Å². The molecular formula is C62H42N2Si. The summed E-state index contributed by atoms with van der Waals surface area (Å²) in [4.78, 5) is 0. The molecule has 3 heteroatoms. The SMILES string of the molecule is c1ccc([Si](c2ccccc2)(c2ccccc2)c2cccc3c2C2c4ccccc4C3c3cccc(-n4c5ccccc5c5cc(-n6c7ccccc7c7ccccc76)ccc54)c32)cc1. The Morgan fingerprint density at radius 1 is 0.292 bits per heavy atom.